The maximum absolute atomic E-state index is 12.9. The van der Waals surface area contributed by atoms with Gasteiger partial charge in [-0.15, -0.1) is 0 Å². The number of hydrogen-bond acceptors (Lipinski definition) is 7. The Bertz CT molecular complexity index is 1520. The Morgan fingerprint density at radius 2 is 1.29 bits per heavy atom. The summed E-state index contributed by atoms with van der Waals surface area (Å²) in [6.45, 7) is 7.32. The molecule has 2 aromatic heterocycles. The summed E-state index contributed by atoms with van der Waals surface area (Å²) in [5.74, 6) is -1.45. The van der Waals surface area contributed by atoms with Gasteiger partial charge in [0, 0.05) is 0 Å². The Kier molecular flexibility index (Phi) is 4.04. The lowest BCUT2D eigenvalue weighted by Gasteiger charge is -2.15. The second-order valence-electron chi connectivity index (χ2n) is 8.19. The maximum atomic E-state index is 12.9. The fraction of sp³-hybridized carbons (Fsp3) is 0.250. The molecule has 4 aromatic rings. The molecule has 0 saturated heterocycles. The molecule has 0 aliphatic carbocycles. The average Bonchev–Trinajstić information content (AvgIpc) is 3.02. The standard InChI is InChI=1S/C24H20O7/c1-9-5-11(3)19-13(7-9)18(25)16(23(27)29-19)15-17-21(31-22(15)26)14-8-10(2)6-12(4)20(14)30-24(17)28/h5-8,15,22,25-26H,1-4H3. The number of rotatable bonds is 1. The summed E-state index contributed by atoms with van der Waals surface area (Å²) in [5, 5.41) is 22.6. The van der Waals surface area contributed by atoms with E-state index in [1.165, 1.54) is 0 Å². The van der Waals surface area contributed by atoms with E-state index in [0.29, 0.717) is 21.9 Å². The van der Waals surface area contributed by atoms with Gasteiger partial charge in [-0.05, 0) is 62.1 Å². The Balaban J connectivity index is 1.86. The minimum Gasteiger partial charge on any atom is -0.507 e. The van der Waals surface area contributed by atoms with Crippen molar-refractivity contribution in [3.63, 3.8) is 0 Å². The van der Waals surface area contributed by atoms with Crippen molar-refractivity contribution in [2.45, 2.75) is 39.9 Å². The van der Waals surface area contributed by atoms with Crippen molar-refractivity contribution in [1.29, 1.82) is 0 Å². The van der Waals surface area contributed by atoms with Crippen LogP contribution in [0.25, 0.3) is 21.9 Å². The first kappa shape index (κ1) is 19.4. The molecular weight excluding hydrogens is 400 g/mol. The molecule has 31 heavy (non-hydrogen) atoms. The number of aliphatic hydroxyl groups is 1. The van der Waals surface area contributed by atoms with Crippen LogP contribution in [0.1, 0.15) is 39.3 Å². The topological polar surface area (TPSA) is 110 Å². The maximum Gasteiger partial charge on any atom is 0.344 e. The Labute approximate surface area is 176 Å². The molecule has 2 unspecified atom stereocenters. The first-order valence-corrected chi connectivity index (χ1v) is 9.87. The lowest BCUT2D eigenvalue weighted by atomic mass is 9.91. The van der Waals surface area contributed by atoms with Gasteiger partial charge in [0.25, 0.3) is 0 Å². The number of aryl methyl sites for hydroxylation is 4. The van der Waals surface area contributed by atoms with E-state index in [9.17, 15) is 19.8 Å². The van der Waals surface area contributed by atoms with Crippen molar-refractivity contribution >= 4 is 21.9 Å². The van der Waals surface area contributed by atoms with E-state index in [1.54, 1.807) is 19.1 Å². The molecule has 0 radical (unpaired) electrons. The molecule has 158 valence electrons. The van der Waals surface area contributed by atoms with Crippen LogP contribution >= 0.6 is 0 Å². The number of ether oxygens (including phenoxy) is 1. The molecule has 7 heteroatoms. The first-order valence-electron chi connectivity index (χ1n) is 9.87. The summed E-state index contributed by atoms with van der Waals surface area (Å²) in [4.78, 5) is 25.8. The van der Waals surface area contributed by atoms with Crippen molar-refractivity contribution in [2.75, 3.05) is 0 Å². The van der Waals surface area contributed by atoms with E-state index in [0.717, 1.165) is 16.7 Å². The molecular formula is C24H20O7. The molecule has 1 aliphatic heterocycles. The molecule has 0 bridgehead atoms. The normalized spacial score (nSPS) is 17.8. The highest BCUT2D eigenvalue weighted by atomic mass is 16.6. The van der Waals surface area contributed by atoms with Crippen LogP contribution in [0.2, 0.25) is 0 Å². The van der Waals surface area contributed by atoms with Gasteiger partial charge < -0.3 is 23.8 Å². The highest BCUT2D eigenvalue weighted by Crippen LogP contribution is 2.46. The molecule has 2 aromatic carbocycles. The zero-order valence-corrected chi connectivity index (χ0v) is 17.4. The highest BCUT2D eigenvalue weighted by molar-refractivity contribution is 5.90. The fourth-order valence-electron chi connectivity index (χ4n) is 4.59. The molecule has 1 aliphatic rings. The van der Waals surface area contributed by atoms with Crippen molar-refractivity contribution in [3.8, 4) is 11.5 Å². The molecule has 0 amide bonds. The first-order chi connectivity index (χ1) is 14.7. The monoisotopic (exact) mass is 420 g/mol. The molecule has 3 heterocycles. The van der Waals surface area contributed by atoms with E-state index < -0.39 is 23.5 Å². The van der Waals surface area contributed by atoms with Gasteiger partial charge in [0.15, 0.2) is 0 Å². The summed E-state index contributed by atoms with van der Waals surface area (Å²) in [7, 11) is 0. The molecule has 2 N–H and O–H groups in total. The Morgan fingerprint density at radius 1 is 0.774 bits per heavy atom. The van der Waals surface area contributed by atoms with Crippen LogP contribution in [0, 0.1) is 27.7 Å². The van der Waals surface area contributed by atoms with Gasteiger partial charge >= 0.3 is 11.3 Å². The van der Waals surface area contributed by atoms with Crippen LogP contribution < -0.4 is 16.0 Å². The van der Waals surface area contributed by atoms with Gasteiger partial charge in [-0.1, -0.05) is 12.1 Å². The SMILES string of the molecule is Cc1cc(C)c2oc(=O)c(C3c4c(c5cc(C)cc(C)c5oc4=O)OC3O)c(O)c2c1. The minimum absolute atomic E-state index is 0.0173. The predicted octanol–water partition coefficient (Wildman–Crippen LogP) is 3.68. The van der Waals surface area contributed by atoms with Crippen LogP contribution in [0.15, 0.2) is 42.7 Å². The van der Waals surface area contributed by atoms with E-state index in [4.69, 9.17) is 13.6 Å². The van der Waals surface area contributed by atoms with E-state index in [1.807, 2.05) is 32.9 Å². The molecule has 2 atom stereocenters. The largest absolute Gasteiger partial charge is 0.507 e. The van der Waals surface area contributed by atoms with Crippen LogP contribution in [-0.4, -0.2) is 16.5 Å². The number of fused-ring (bicyclic) bond motifs is 4. The molecule has 0 saturated carbocycles. The van der Waals surface area contributed by atoms with Gasteiger partial charge in [0.1, 0.15) is 22.7 Å². The third-order valence-corrected chi connectivity index (χ3v) is 5.81. The van der Waals surface area contributed by atoms with Gasteiger partial charge in [0.05, 0.1) is 27.8 Å². The second-order valence-corrected chi connectivity index (χ2v) is 8.19. The minimum atomic E-state index is -1.57. The van der Waals surface area contributed by atoms with E-state index in [-0.39, 0.29) is 28.2 Å². The summed E-state index contributed by atoms with van der Waals surface area (Å²) in [6.07, 6.45) is -1.57. The summed E-state index contributed by atoms with van der Waals surface area (Å²) in [6, 6.07) is 7.17. The third kappa shape index (κ3) is 2.70. The predicted molar refractivity (Wildman–Crippen MR) is 114 cm³/mol. The average molecular weight is 420 g/mol. The number of hydrogen-bond donors (Lipinski definition) is 2. The van der Waals surface area contributed by atoms with Crippen molar-refractivity contribution < 1.29 is 23.8 Å². The van der Waals surface area contributed by atoms with Gasteiger partial charge in [-0.25, -0.2) is 9.59 Å². The van der Waals surface area contributed by atoms with Crippen molar-refractivity contribution in [3.05, 3.63) is 78.5 Å². The lowest BCUT2D eigenvalue weighted by molar-refractivity contribution is -0.00987. The van der Waals surface area contributed by atoms with Crippen molar-refractivity contribution in [1.82, 2.24) is 0 Å². The van der Waals surface area contributed by atoms with E-state index in [2.05, 4.69) is 0 Å². The Hall–Kier alpha value is -3.58. The van der Waals surface area contributed by atoms with E-state index >= 15 is 0 Å². The fourth-order valence-corrected chi connectivity index (χ4v) is 4.59. The van der Waals surface area contributed by atoms with Crippen LogP contribution in [-0.2, 0) is 0 Å². The summed E-state index contributed by atoms with van der Waals surface area (Å²) < 4.78 is 16.7. The molecule has 0 fully saturated rings. The summed E-state index contributed by atoms with van der Waals surface area (Å²) >= 11 is 0. The van der Waals surface area contributed by atoms with Crippen molar-refractivity contribution in [2.24, 2.45) is 0 Å². The van der Waals surface area contributed by atoms with Gasteiger partial charge in [0.2, 0.25) is 6.29 Å². The zero-order chi connectivity index (χ0) is 22.2. The quantitative estimate of drug-likeness (QED) is 0.452. The Morgan fingerprint density at radius 3 is 1.90 bits per heavy atom. The smallest absolute Gasteiger partial charge is 0.344 e. The number of aromatic hydroxyl groups is 1. The zero-order valence-electron chi connectivity index (χ0n) is 17.4. The molecule has 7 nitrogen and oxygen atoms in total. The van der Waals surface area contributed by atoms with Crippen LogP contribution in [0.3, 0.4) is 0 Å². The number of aliphatic hydroxyl groups excluding tert-OH is 1. The summed E-state index contributed by atoms with van der Waals surface area (Å²) in [5.41, 5.74) is 1.97. The third-order valence-electron chi connectivity index (χ3n) is 5.81. The van der Waals surface area contributed by atoms with Crippen LogP contribution in [0.5, 0.6) is 11.5 Å². The highest BCUT2D eigenvalue weighted by Gasteiger charge is 2.43. The number of benzene rings is 2. The van der Waals surface area contributed by atoms with Crippen LogP contribution in [0.4, 0.5) is 0 Å². The second kappa shape index (κ2) is 6.46. The lowest BCUT2D eigenvalue weighted by Crippen LogP contribution is -2.26. The molecule has 0 spiro atoms. The van der Waals surface area contributed by atoms with Gasteiger partial charge in [-0.2, -0.15) is 0 Å². The van der Waals surface area contributed by atoms with Gasteiger partial charge in [-0.3, -0.25) is 0 Å². The molecule has 5 rings (SSSR count).